The fourth-order valence-corrected chi connectivity index (χ4v) is 3.91. The summed E-state index contributed by atoms with van der Waals surface area (Å²) in [5, 5.41) is 12.3. The number of rotatable bonds is 3. The third-order valence-electron chi connectivity index (χ3n) is 5.72. The molecule has 3 rings (SSSR count). The van der Waals surface area contributed by atoms with Gasteiger partial charge in [-0.25, -0.2) is 0 Å². The summed E-state index contributed by atoms with van der Waals surface area (Å²) in [6.07, 6.45) is 2.75. The highest BCUT2D eigenvalue weighted by Gasteiger charge is 2.34. The molecule has 144 valence electrons. The maximum atomic E-state index is 12.5. The van der Waals surface area contributed by atoms with Crippen molar-refractivity contribution >= 4 is 23.4 Å². The molecular weight excluding hydrogens is 346 g/mol. The molecule has 28 heavy (non-hydrogen) atoms. The van der Waals surface area contributed by atoms with E-state index in [0.717, 1.165) is 17.5 Å². The van der Waals surface area contributed by atoms with Gasteiger partial charge in [-0.3, -0.25) is 4.79 Å². The molecule has 0 radical (unpaired) electrons. The highest BCUT2D eigenvalue weighted by Crippen LogP contribution is 2.43. The molecule has 4 nitrogen and oxygen atoms in total. The van der Waals surface area contributed by atoms with Crippen molar-refractivity contribution < 1.29 is 4.79 Å². The van der Waals surface area contributed by atoms with Crippen LogP contribution in [0.25, 0.3) is 6.08 Å². The number of nitrogens with zero attached hydrogens (tertiary/aromatic N) is 2. The number of hydrogen-bond acceptors (Lipinski definition) is 3. The van der Waals surface area contributed by atoms with Crippen molar-refractivity contribution in [1.29, 1.82) is 5.26 Å². The van der Waals surface area contributed by atoms with Gasteiger partial charge in [-0.1, -0.05) is 25.1 Å². The molecule has 0 saturated carbocycles. The number of nitrogens with one attached hydrogen (secondary N) is 1. The van der Waals surface area contributed by atoms with E-state index in [1.54, 1.807) is 18.2 Å². The van der Waals surface area contributed by atoms with Crippen molar-refractivity contribution in [2.45, 2.75) is 45.6 Å². The number of anilines is 2. The summed E-state index contributed by atoms with van der Waals surface area (Å²) in [6, 6.07) is 15.5. The first kappa shape index (κ1) is 19.7. The first-order valence-electron chi connectivity index (χ1n) is 9.59. The summed E-state index contributed by atoms with van der Waals surface area (Å²) in [4.78, 5) is 14.9. The Morgan fingerprint density at radius 2 is 1.96 bits per heavy atom. The Hall–Kier alpha value is -3.06. The Morgan fingerprint density at radius 1 is 1.29 bits per heavy atom. The van der Waals surface area contributed by atoms with Gasteiger partial charge < -0.3 is 10.2 Å². The van der Waals surface area contributed by atoms with Crippen LogP contribution in [0.5, 0.6) is 0 Å². The standard InChI is InChI=1S/C24H27N3O/c1-16-11-22-21(17(2)14-24(3,4)27(22)5)13-18(16)12-19(15-25)23(28)26-20-9-7-6-8-10-20/h6-13,17H,14H2,1-5H3,(H,26,28)/b19-12-. The zero-order chi connectivity index (χ0) is 20.5. The smallest absolute Gasteiger partial charge is 0.266 e. The lowest BCUT2D eigenvalue weighted by molar-refractivity contribution is -0.112. The van der Waals surface area contributed by atoms with Gasteiger partial charge >= 0.3 is 0 Å². The first-order chi connectivity index (χ1) is 13.2. The second-order valence-electron chi connectivity index (χ2n) is 8.23. The molecule has 0 aliphatic carbocycles. The maximum absolute atomic E-state index is 12.5. The van der Waals surface area contributed by atoms with Crippen LogP contribution < -0.4 is 10.2 Å². The van der Waals surface area contributed by atoms with Crippen LogP contribution in [0.15, 0.2) is 48.0 Å². The van der Waals surface area contributed by atoms with E-state index in [9.17, 15) is 10.1 Å². The summed E-state index contributed by atoms with van der Waals surface area (Å²) in [7, 11) is 2.13. The second kappa shape index (κ2) is 7.52. The van der Waals surface area contributed by atoms with Gasteiger partial charge in [-0.2, -0.15) is 5.26 Å². The second-order valence-corrected chi connectivity index (χ2v) is 8.23. The van der Waals surface area contributed by atoms with E-state index in [-0.39, 0.29) is 11.1 Å². The molecule has 1 N–H and O–H groups in total. The molecule has 0 saturated heterocycles. The lowest BCUT2D eigenvalue weighted by Crippen LogP contribution is -2.45. The molecule has 1 atom stereocenters. The van der Waals surface area contributed by atoms with E-state index in [1.807, 2.05) is 31.2 Å². The highest BCUT2D eigenvalue weighted by molar-refractivity contribution is 6.09. The van der Waals surface area contributed by atoms with E-state index in [1.165, 1.54) is 11.3 Å². The van der Waals surface area contributed by atoms with E-state index >= 15 is 0 Å². The quantitative estimate of drug-likeness (QED) is 0.589. The van der Waals surface area contributed by atoms with Gasteiger partial charge in [0.25, 0.3) is 5.91 Å². The average molecular weight is 374 g/mol. The summed E-state index contributed by atoms with van der Waals surface area (Å²) in [5.74, 6) is 0.0229. The molecule has 2 aromatic rings. The number of aryl methyl sites for hydroxylation is 1. The van der Waals surface area contributed by atoms with Crippen LogP contribution >= 0.6 is 0 Å². The van der Waals surface area contributed by atoms with Gasteiger partial charge in [0.1, 0.15) is 11.6 Å². The fraction of sp³-hybridized carbons (Fsp3) is 0.333. The Bertz CT molecular complexity index is 967. The van der Waals surface area contributed by atoms with Crippen molar-refractivity contribution in [3.8, 4) is 6.07 Å². The van der Waals surface area contributed by atoms with Crippen LogP contribution in [0.3, 0.4) is 0 Å². The van der Waals surface area contributed by atoms with Crippen molar-refractivity contribution in [3.05, 3.63) is 64.7 Å². The Morgan fingerprint density at radius 3 is 2.61 bits per heavy atom. The zero-order valence-corrected chi connectivity index (χ0v) is 17.2. The maximum Gasteiger partial charge on any atom is 0.266 e. The lowest BCUT2D eigenvalue weighted by atomic mass is 9.79. The molecule has 1 unspecified atom stereocenters. The summed E-state index contributed by atoms with van der Waals surface area (Å²) >= 11 is 0. The Balaban J connectivity index is 1.96. The topological polar surface area (TPSA) is 56.1 Å². The Kier molecular flexibility index (Phi) is 5.29. The molecule has 1 aliphatic heterocycles. The molecule has 1 amide bonds. The number of carbonyl (C=O) groups is 1. The number of fused-ring (bicyclic) bond motifs is 1. The van der Waals surface area contributed by atoms with Crippen LogP contribution in [-0.2, 0) is 4.79 Å². The van der Waals surface area contributed by atoms with E-state index in [0.29, 0.717) is 11.6 Å². The molecule has 4 heteroatoms. The highest BCUT2D eigenvalue weighted by atomic mass is 16.1. The first-order valence-corrected chi connectivity index (χ1v) is 9.59. The predicted molar refractivity (Wildman–Crippen MR) is 115 cm³/mol. The normalized spacial score (nSPS) is 18.2. The largest absolute Gasteiger partial charge is 0.369 e. The van der Waals surface area contributed by atoms with Gasteiger partial charge in [0.2, 0.25) is 0 Å². The third-order valence-corrected chi connectivity index (χ3v) is 5.72. The molecular formula is C24H27N3O. The minimum atomic E-state index is -0.392. The molecule has 0 fully saturated rings. The van der Waals surface area contributed by atoms with Crippen molar-refractivity contribution in [3.63, 3.8) is 0 Å². The summed E-state index contributed by atoms with van der Waals surface area (Å²) in [5.41, 5.74) is 5.33. The number of para-hydroxylation sites is 1. The molecule has 2 aromatic carbocycles. The van der Waals surface area contributed by atoms with Gasteiger partial charge in [0.05, 0.1) is 0 Å². The molecule has 0 bridgehead atoms. The van der Waals surface area contributed by atoms with Gasteiger partial charge in [0.15, 0.2) is 0 Å². The number of benzene rings is 2. The predicted octanol–water partition coefficient (Wildman–Crippen LogP) is 5.26. The van der Waals surface area contributed by atoms with E-state index < -0.39 is 5.91 Å². The van der Waals surface area contributed by atoms with E-state index in [2.05, 4.69) is 50.2 Å². The lowest BCUT2D eigenvalue weighted by Gasteiger charge is -2.45. The Labute approximate surface area is 167 Å². The van der Waals surface area contributed by atoms with Gasteiger partial charge in [0, 0.05) is 24.0 Å². The molecule has 0 aromatic heterocycles. The minimum Gasteiger partial charge on any atom is -0.369 e. The number of hydrogen-bond donors (Lipinski definition) is 1. The average Bonchev–Trinajstić information content (AvgIpc) is 2.65. The molecule has 1 aliphatic rings. The van der Waals surface area contributed by atoms with Crippen LogP contribution in [0.2, 0.25) is 0 Å². The van der Waals surface area contributed by atoms with Crippen LogP contribution in [0.1, 0.15) is 49.8 Å². The number of amides is 1. The summed E-state index contributed by atoms with van der Waals surface area (Å²) in [6.45, 7) is 8.79. The van der Waals surface area contributed by atoms with E-state index in [4.69, 9.17) is 0 Å². The fourth-order valence-electron chi connectivity index (χ4n) is 3.91. The molecule has 1 heterocycles. The monoisotopic (exact) mass is 373 g/mol. The summed E-state index contributed by atoms with van der Waals surface area (Å²) < 4.78 is 0. The van der Waals surface area contributed by atoms with Crippen LogP contribution in [0, 0.1) is 18.3 Å². The number of nitriles is 1. The van der Waals surface area contributed by atoms with Gasteiger partial charge in [-0.05, 0) is 80.1 Å². The van der Waals surface area contributed by atoms with Crippen molar-refractivity contribution in [1.82, 2.24) is 0 Å². The minimum absolute atomic E-state index is 0.101. The number of carbonyl (C=O) groups excluding carboxylic acids is 1. The zero-order valence-electron chi connectivity index (χ0n) is 17.2. The van der Waals surface area contributed by atoms with Crippen molar-refractivity contribution in [2.24, 2.45) is 0 Å². The molecule has 0 spiro atoms. The third kappa shape index (κ3) is 3.80. The SMILES string of the molecule is Cc1cc2c(cc1/C=C(/C#N)C(=O)Nc1ccccc1)C(C)CC(C)(C)N2C. The van der Waals surface area contributed by atoms with Crippen LogP contribution in [0.4, 0.5) is 11.4 Å². The van der Waals surface area contributed by atoms with Crippen molar-refractivity contribution in [2.75, 3.05) is 17.3 Å². The van der Waals surface area contributed by atoms with Gasteiger partial charge in [-0.15, -0.1) is 0 Å². The van der Waals surface area contributed by atoms with Crippen LogP contribution in [-0.4, -0.2) is 18.5 Å².